The Kier molecular flexibility index (Phi) is 3.56. The molecule has 78 valence electrons. The van der Waals surface area contributed by atoms with Crippen LogP contribution in [0.25, 0.3) is 0 Å². The van der Waals surface area contributed by atoms with E-state index < -0.39 is 0 Å². The predicted molar refractivity (Wildman–Crippen MR) is 59.6 cm³/mol. The van der Waals surface area contributed by atoms with Crippen molar-refractivity contribution < 1.29 is 4.74 Å². The molecule has 1 aliphatic rings. The molecule has 3 heteroatoms. The second-order valence-electron chi connectivity index (χ2n) is 3.85. The number of likely N-dealkylation sites (tertiary alicyclic amines) is 1. The van der Waals surface area contributed by atoms with Gasteiger partial charge < -0.3 is 4.74 Å². The lowest BCUT2D eigenvalue weighted by atomic mass is 10.2. The fourth-order valence-corrected chi connectivity index (χ4v) is 2.76. The van der Waals surface area contributed by atoms with Crippen LogP contribution in [0.5, 0.6) is 0 Å². The van der Waals surface area contributed by atoms with E-state index in [1.54, 1.807) is 18.4 Å². The molecule has 14 heavy (non-hydrogen) atoms. The molecule has 0 N–H and O–H groups in total. The molecular formula is C11H17NOS. The van der Waals surface area contributed by atoms with Crippen molar-refractivity contribution >= 4 is 11.3 Å². The Morgan fingerprint density at radius 3 is 3.29 bits per heavy atom. The highest BCUT2D eigenvalue weighted by atomic mass is 32.1. The smallest absolute Gasteiger partial charge is 0.0618 e. The zero-order valence-corrected chi connectivity index (χ0v) is 9.43. The number of hydrogen-bond acceptors (Lipinski definition) is 3. The van der Waals surface area contributed by atoms with Crippen molar-refractivity contribution in [3.8, 4) is 0 Å². The maximum atomic E-state index is 5.24. The molecule has 1 fully saturated rings. The molecular weight excluding hydrogens is 194 g/mol. The highest BCUT2D eigenvalue weighted by molar-refractivity contribution is 7.07. The first kappa shape index (κ1) is 10.1. The zero-order valence-electron chi connectivity index (χ0n) is 8.61. The van der Waals surface area contributed by atoms with Gasteiger partial charge in [0.15, 0.2) is 0 Å². The number of ether oxygens (including phenoxy) is 1. The van der Waals surface area contributed by atoms with E-state index in [1.807, 2.05) is 0 Å². The van der Waals surface area contributed by atoms with Crippen molar-refractivity contribution in [2.24, 2.45) is 0 Å². The van der Waals surface area contributed by atoms with Crippen LogP contribution in [-0.4, -0.2) is 31.2 Å². The molecule has 0 spiro atoms. The van der Waals surface area contributed by atoms with Crippen molar-refractivity contribution in [2.75, 3.05) is 20.3 Å². The summed E-state index contributed by atoms with van der Waals surface area (Å²) in [5, 5.41) is 4.39. The molecule has 2 rings (SSSR count). The molecule has 1 aromatic heterocycles. The molecule has 1 saturated heterocycles. The van der Waals surface area contributed by atoms with Gasteiger partial charge in [0.2, 0.25) is 0 Å². The average Bonchev–Trinajstić information content (AvgIpc) is 2.80. The van der Waals surface area contributed by atoms with Crippen molar-refractivity contribution in [1.29, 1.82) is 0 Å². The normalized spacial score (nSPS) is 23.1. The molecule has 1 aliphatic heterocycles. The summed E-state index contributed by atoms with van der Waals surface area (Å²) in [7, 11) is 1.79. The summed E-state index contributed by atoms with van der Waals surface area (Å²) in [4.78, 5) is 2.53. The molecule has 1 atom stereocenters. The molecule has 1 aromatic rings. The topological polar surface area (TPSA) is 12.5 Å². The number of methoxy groups -OCH3 is 1. The first-order valence-electron chi connectivity index (χ1n) is 5.14. The minimum atomic E-state index is 0.639. The van der Waals surface area contributed by atoms with Crippen LogP contribution in [0.2, 0.25) is 0 Å². The van der Waals surface area contributed by atoms with Crippen LogP contribution >= 0.6 is 11.3 Å². The van der Waals surface area contributed by atoms with Crippen LogP contribution in [0.4, 0.5) is 0 Å². The molecule has 0 aromatic carbocycles. The predicted octanol–water partition coefficient (Wildman–Crippen LogP) is 2.36. The van der Waals surface area contributed by atoms with Crippen molar-refractivity contribution in [1.82, 2.24) is 4.90 Å². The minimum Gasteiger partial charge on any atom is -0.383 e. The van der Waals surface area contributed by atoms with E-state index in [0.717, 1.165) is 13.2 Å². The number of nitrogens with zero attached hydrogens (tertiary/aromatic N) is 1. The van der Waals surface area contributed by atoms with Gasteiger partial charge in [0.05, 0.1) is 6.61 Å². The molecule has 0 amide bonds. The third kappa shape index (κ3) is 2.35. The standard InChI is InChI=1S/C11H17NOS/c1-13-8-11-3-2-5-12(11)7-10-4-6-14-9-10/h4,6,9,11H,2-3,5,7-8H2,1H3/t11-/m0/s1. The van der Waals surface area contributed by atoms with Crippen LogP contribution in [0.3, 0.4) is 0 Å². The van der Waals surface area contributed by atoms with E-state index in [4.69, 9.17) is 4.74 Å². The van der Waals surface area contributed by atoms with Crippen LogP contribution in [-0.2, 0) is 11.3 Å². The Morgan fingerprint density at radius 1 is 1.64 bits per heavy atom. The average molecular weight is 211 g/mol. The van der Waals surface area contributed by atoms with Crippen molar-refractivity contribution in [2.45, 2.75) is 25.4 Å². The van der Waals surface area contributed by atoms with Gasteiger partial charge in [-0.25, -0.2) is 0 Å². The Balaban J connectivity index is 1.90. The van der Waals surface area contributed by atoms with Gasteiger partial charge in [0, 0.05) is 19.7 Å². The van der Waals surface area contributed by atoms with E-state index in [1.165, 1.54) is 24.9 Å². The molecule has 0 radical (unpaired) electrons. The van der Waals surface area contributed by atoms with E-state index >= 15 is 0 Å². The van der Waals surface area contributed by atoms with Crippen LogP contribution < -0.4 is 0 Å². The lowest BCUT2D eigenvalue weighted by molar-refractivity contribution is 0.112. The Hall–Kier alpha value is -0.380. The lowest BCUT2D eigenvalue weighted by Gasteiger charge is -2.23. The minimum absolute atomic E-state index is 0.639. The van der Waals surface area contributed by atoms with E-state index in [-0.39, 0.29) is 0 Å². The number of thiophene rings is 1. The molecule has 2 nitrogen and oxygen atoms in total. The number of rotatable bonds is 4. The van der Waals surface area contributed by atoms with Gasteiger partial charge in [-0.3, -0.25) is 4.90 Å². The summed E-state index contributed by atoms with van der Waals surface area (Å²) in [6.45, 7) is 3.20. The largest absolute Gasteiger partial charge is 0.383 e. The van der Waals surface area contributed by atoms with E-state index in [0.29, 0.717) is 6.04 Å². The second kappa shape index (κ2) is 4.91. The lowest BCUT2D eigenvalue weighted by Crippen LogP contribution is -2.32. The Bertz CT molecular complexity index is 260. The van der Waals surface area contributed by atoms with Gasteiger partial charge in [-0.2, -0.15) is 11.3 Å². The second-order valence-corrected chi connectivity index (χ2v) is 4.63. The third-order valence-corrected chi connectivity index (χ3v) is 3.56. The van der Waals surface area contributed by atoms with Gasteiger partial charge in [-0.05, 0) is 41.8 Å². The van der Waals surface area contributed by atoms with E-state index in [9.17, 15) is 0 Å². The van der Waals surface area contributed by atoms with Crippen LogP contribution in [0.15, 0.2) is 16.8 Å². The van der Waals surface area contributed by atoms with Gasteiger partial charge in [-0.1, -0.05) is 0 Å². The van der Waals surface area contributed by atoms with Gasteiger partial charge in [-0.15, -0.1) is 0 Å². The number of hydrogen-bond donors (Lipinski definition) is 0. The van der Waals surface area contributed by atoms with Gasteiger partial charge in [0.25, 0.3) is 0 Å². The van der Waals surface area contributed by atoms with Crippen LogP contribution in [0.1, 0.15) is 18.4 Å². The van der Waals surface area contributed by atoms with Crippen molar-refractivity contribution in [3.05, 3.63) is 22.4 Å². The Labute approximate surface area is 89.5 Å². The molecule has 0 unspecified atom stereocenters. The Morgan fingerprint density at radius 2 is 2.57 bits per heavy atom. The molecule has 0 saturated carbocycles. The fourth-order valence-electron chi connectivity index (χ4n) is 2.10. The summed E-state index contributed by atoms with van der Waals surface area (Å²) < 4.78 is 5.24. The molecule has 0 aliphatic carbocycles. The summed E-state index contributed by atoms with van der Waals surface area (Å²) in [5.74, 6) is 0. The summed E-state index contributed by atoms with van der Waals surface area (Å²) >= 11 is 1.78. The molecule has 0 bridgehead atoms. The summed E-state index contributed by atoms with van der Waals surface area (Å²) in [6, 6.07) is 2.85. The summed E-state index contributed by atoms with van der Waals surface area (Å²) in [6.07, 6.45) is 2.61. The SMILES string of the molecule is COC[C@@H]1CCCN1Cc1ccsc1. The third-order valence-electron chi connectivity index (χ3n) is 2.82. The fraction of sp³-hybridized carbons (Fsp3) is 0.636. The maximum Gasteiger partial charge on any atom is 0.0618 e. The zero-order chi connectivity index (χ0) is 9.80. The quantitative estimate of drug-likeness (QED) is 0.758. The highest BCUT2D eigenvalue weighted by Gasteiger charge is 2.23. The van der Waals surface area contributed by atoms with Crippen molar-refractivity contribution in [3.63, 3.8) is 0 Å². The highest BCUT2D eigenvalue weighted by Crippen LogP contribution is 2.20. The van der Waals surface area contributed by atoms with Gasteiger partial charge in [0.1, 0.15) is 0 Å². The van der Waals surface area contributed by atoms with E-state index in [2.05, 4.69) is 21.7 Å². The van der Waals surface area contributed by atoms with Crippen LogP contribution in [0, 0.1) is 0 Å². The maximum absolute atomic E-state index is 5.24. The summed E-state index contributed by atoms with van der Waals surface area (Å²) in [5.41, 5.74) is 1.44. The first-order chi connectivity index (χ1) is 6.90. The molecule has 2 heterocycles. The van der Waals surface area contributed by atoms with Gasteiger partial charge >= 0.3 is 0 Å². The first-order valence-corrected chi connectivity index (χ1v) is 6.08. The monoisotopic (exact) mass is 211 g/mol.